The molecule has 0 saturated carbocycles. The van der Waals surface area contributed by atoms with Gasteiger partial charge in [-0.05, 0) is 74.5 Å². The van der Waals surface area contributed by atoms with Crippen molar-refractivity contribution >= 4 is 27.8 Å². The number of fused-ring (bicyclic) bond motifs is 2. The first kappa shape index (κ1) is 29.9. The van der Waals surface area contributed by atoms with E-state index in [1.807, 2.05) is 0 Å². The van der Waals surface area contributed by atoms with E-state index < -0.39 is 0 Å². The second-order valence-corrected chi connectivity index (χ2v) is 13.1. The molecule has 0 radical (unpaired) electrons. The van der Waals surface area contributed by atoms with Gasteiger partial charge < -0.3 is 0 Å². The van der Waals surface area contributed by atoms with Crippen molar-refractivity contribution in [3.8, 4) is 56.2 Å². The zero-order chi connectivity index (χ0) is 33.3. The Labute approximate surface area is 292 Å². The molecule has 3 nitrogen and oxygen atoms in total. The van der Waals surface area contributed by atoms with Gasteiger partial charge in [-0.3, -0.25) is 4.99 Å². The Morgan fingerprint density at radius 3 is 1.46 bits per heavy atom. The molecule has 7 aromatic carbocycles. The largest absolute Gasteiger partial charge is 0.297 e. The van der Waals surface area contributed by atoms with Gasteiger partial charge in [-0.25, -0.2) is 9.97 Å². The van der Waals surface area contributed by atoms with Gasteiger partial charge in [0.05, 0.1) is 11.4 Å². The normalized spacial score (nSPS) is 14.3. The van der Waals surface area contributed by atoms with Gasteiger partial charge >= 0.3 is 0 Å². The van der Waals surface area contributed by atoms with Gasteiger partial charge in [-0.1, -0.05) is 158 Å². The summed E-state index contributed by atoms with van der Waals surface area (Å²) in [4.78, 5) is 14.9. The highest BCUT2D eigenvalue weighted by atomic mass is 14.9. The van der Waals surface area contributed by atoms with Crippen LogP contribution >= 0.6 is 0 Å². The lowest BCUT2D eigenvalue weighted by atomic mass is 9.92. The molecule has 238 valence electrons. The summed E-state index contributed by atoms with van der Waals surface area (Å²) in [5, 5.41) is 4.99. The van der Waals surface area contributed by atoms with E-state index in [4.69, 9.17) is 9.97 Å². The molecule has 1 atom stereocenters. The van der Waals surface area contributed by atoms with Crippen molar-refractivity contribution in [2.75, 3.05) is 6.54 Å². The molecule has 0 fully saturated rings. The lowest BCUT2D eigenvalue weighted by molar-refractivity contribution is 0.634. The minimum Gasteiger partial charge on any atom is -0.297 e. The van der Waals surface area contributed by atoms with E-state index in [2.05, 4.69) is 175 Å². The fraction of sp³-hybridized carbons (Fsp3) is 0.0851. The van der Waals surface area contributed by atoms with Crippen molar-refractivity contribution in [1.82, 2.24) is 9.97 Å². The summed E-state index contributed by atoms with van der Waals surface area (Å²) in [5.41, 5.74) is 11.1. The molecule has 9 rings (SSSR count). The molecule has 3 heteroatoms. The van der Waals surface area contributed by atoms with E-state index in [0.29, 0.717) is 11.7 Å². The van der Waals surface area contributed by atoms with Crippen LogP contribution in [-0.2, 0) is 0 Å². The maximum Gasteiger partial charge on any atom is 0.160 e. The summed E-state index contributed by atoms with van der Waals surface area (Å²) in [5.74, 6) is 1.19. The Hall–Kier alpha value is -6.19. The second-order valence-electron chi connectivity index (χ2n) is 13.1. The summed E-state index contributed by atoms with van der Waals surface area (Å²) in [6.07, 6.45) is 4.25. The molecule has 0 N–H and O–H groups in total. The second kappa shape index (κ2) is 13.0. The Morgan fingerprint density at radius 1 is 0.440 bits per heavy atom. The van der Waals surface area contributed by atoms with Gasteiger partial charge in [0, 0.05) is 29.2 Å². The molecule has 1 unspecified atom stereocenters. The highest BCUT2D eigenvalue weighted by Crippen LogP contribution is 2.34. The molecule has 0 spiro atoms. The van der Waals surface area contributed by atoms with Crippen LogP contribution < -0.4 is 0 Å². The number of nitrogens with zero attached hydrogens (tertiary/aromatic N) is 3. The molecule has 1 aliphatic rings. The van der Waals surface area contributed by atoms with Crippen LogP contribution in [-0.4, -0.2) is 22.7 Å². The van der Waals surface area contributed by atoms with Crippen LogP contribution in [0.4, 0.5) is 0 Å². The third-order valence-corrected chi connectivity index (χ3v) is 10.0. The van der Waals surface area contributed by atoms with Crippen LogP contribution in [0.1, 0.15) is 24.3 Å². The molecule has 0 saturated heterocycles. The average molecular weight is 642 g/mol. The highest BCUT2D eigenvalue weighted by Gasteiger charge is 2.16. The summed E-state index contributed by atoms with van der Waals surface area (Å²) in [7, 11) is 0. The van der Waals surface area contributed by atoms with Crippen LogP contribution in [0, 0.1) is 0 Å². The molecular weight excluding hydrogens is 607 g/mol. The van der Waals surface area contributed by atoms with Gasteiger partial charge in [0.2, 0.25) is 0 Å². The molecule has 0 aliphatic carbocycles. The number of aromatic nitrogens is 2. The maximum atomic E-state index is 5.17. The van der Waals surface area contributed by atoms with Crippen molar-refractivity contribution < 1.29 is 0 Å². The zero-order valence-corrected chi connectivity index (χ0v) is 27.7. The molecule has 8 aromatic rings. The minimum absolute atomic E-state index is 0.478. The van der Waals surface area contributed by atoms with Crippen LogP contribution in [0.25, 0.3) is 77.7 Å². The van der Waals surface area contributed by atoms with Gasteiger partial charge in [-0.2, -0.15) is 0 Å². The van der Waals surface area contributed by atoms with E-state index in [1.54, 1.807) is 0 Å². The van der Waals surface area contributed by atoms with Gasteiger partial charge in [0.15, 0.2) is 5.82 Å². The molecule has 1 aliphatic heterocycles. The fourth-order valence-corrected chi connectivity index (χ4v) is 7.30. The fourth-order valence-electron chi connectivity index (χ4n) is 7.30. The van der Waals surface area contributed by atoms with Crippen molar-refractivity contribution in [3.05, 3.63) is 169 Å². The lowest BCUT2D eigenvalue weighted by Crippen LogP contribution is -2.07. The Balaban J connectivity index is 1.11. The first-order valence-corrected chi connectivity index (χ1v) is 17.4. The molecule has 0 amide bonds. The number of aliphatic imine (C=N–C) groups is 1. The van der Waals surface area contributed by atoms with Crippen molar-refractivity contribution in [2.24, 2.45) is 4.99 Å². The van der Waals surface area contributed by atoms with Crippen molar-refractivity contribution in [1.29, 1.82) is 0 Å². The number of benzene rings is 7. The van der Waals surface area contributed by atoms with E-state index in [9.17, 15) is 0 Å². The van der Waals surface area contributed by atoms with Crippen LogP contribution in [0.15, 0.2) is 169 Å². The molecule has 0 bridgehead atoms. The van der Waals surface area contributed by atoms with E-state index in [-0.39, 0.29) is 0 Å². The molecule has 2 heterocycles. The first-order chi connectivity index (χ1) is 24.8. The van der Waals surface area contributed by atoms with Gasteiger partial charge in [-0.15, -0.1) is 0 Å². The summed E-state index contributed by atoms with van der Waals surface area (Å²) < 4.78 is 0. The standard InChI is InChI=1S/C47H35N3/c1-3-13-41-33(8-1)10-5-15-43(41)35-19-25-38(26-20-35)46-30-45(37-23-17-32(18-24-37)40-12-7-29-48-31-40)49-47(50-46)39-27-21-36(22-28-39)44-16-6-11-34-9-2-4-14-42(34)44/h1-6,8-11,13-30,40H,7,12,31H2. The number of hydrogen-bond donors (Lipinski definition) is 0. The number of hydrogen-bond acceptors (Lipinski definition) is 3. The minimum atomic E-state index is 0.478. The lowest BCUT2D eigenvalue weighted by Gasteiger charge is -2.18. The van der Waals surface area contributed by atoms with E-state index in [0.717, 1.165) is 47.5 Å². The van der Waals surface area contributed by atoms with Crippen molar-refractivity contribution in [2.45, 2.75) is 18.8 Å². The molecular formula is C47H35N3. The molecule has 50 heavy (non-hydrogen) atoms. The average Bonchev–Trinajstić information content (AvgIpc) is 3.21. The number of rotatable bonds is 6. The predicted octanol–water partition coefficient (Wildman–Crippen LogP) is 12.1. The topological polar surface area (TPSA) is 38.1 Å². The van der Waals surface area contributed by atoms with Gasteiger partial charge in [0.25, 0.3) is 0 Å². The van der Waals surface area contributed by atoms with Crippen LogP contribution in [0.2, 0.25) is 0 Å². The smallest absolute Gasteiger partial charge is 0.160 e. The molecule has 1 aromatic heterocycles. The Morgan fingerprint density at radius 2 is 0.920 bits per heavy atom. The Kier molecular flexibility index (Phi) is 7.79. The van der Waals surface area contributed by atoms with Crippen LogP contribution in [0.5, 0.6) is 0 Å². The third-order valence-electron chi connectivity index (χ3n) is 10.0. The highest BCUT2D eigenvalue weighted by molar-refractivity contribution is 5.98. The monoisotopic (exact) mass is 641 g/mol. The van der Waals surface area contributed by atoms with Crippen molar-refractivity contribution in [3.63, 3.8) is 0 Å². The zero-order valence-electron chi connectivity index (χ0n) is 27.7. The summed E-state index contributed by atoms with van der Waals surface area (Å²) >= 11 is 0. The first-order valence-electron chi connectivity index (χ1n) is 17.4. The predicted molar refractivity (Wildman–Crippen MR) is 210 cm³/mol. The van der Waals surface area contributed by atoms with Gasteiger partial charge in [0.1, 0.15) is 0 Å². The maximum absolute atomic E-state index is 5.17. The Bertz CT molecular complexity index is 2340. The summed E-state index contributed by atoms with van der Waals surface area (Å²) in [6, 6.07) is 58.6. The summed E-state index contributed by atoms with van der Waals surface area (Å²) in [6.45, 7) is 0.866. The SMILES string of the molecule is C1=NCC(c2ccc(-c3cc(-c4ccc(-c5cccc6ccccc56)cc4)nc(-c4ccc(-c5cccc6ccccc56)cc4)n3)cc2)CC1. The van der Waals surface area contributed by atoms with Crippen LogP contribution in [0.3, 0.4) is 0 Å². The quantitative estimate of drug-likeness (QED) is 0.181. The van der Waals surface area contributed by atoms with E-state index in [1.165, 1.54) is 49.4 Å². The third kappa shape index (κ3) is 5.77. The van der Waals surface area contributed by atoms with E-state index >= 15 is 0 Å².